The van der Waals surface area contributed by atoms with Crippen molar-refractivity contribution in [3.8, 4) is 11.5 Å². The maximum atomic E-state index is 12.3. The van der Waals surface area contributed by atoms with Gasteiger partial charge in [-0.3, -0.25) is 19.0 Å². The second-order valence-electron chi connectivity index (χ2n) is 14.0. The molecule has 0 unspecified atom stereocenters. The maximum Gasteiger partial charge on any atom is 0.314 e. The van der Waals surface area contributed by atoms with Gasteiger partial charge in [-0.15, -0.1) is 0 Å². The first kappa shape index (κ1) is 51.1. The van der Waals surface area contributed by atoms with E-state index in [0.29, 0.717) is 128 Å². The lowest BCUT2D eigenvalue weighted by molar-refractivity contribution is 0.0377. The van der Waals surface area contributed by atoms with Gasteiger partial charge < -0.3 is 49.7 Å². The third kappa shape index (κ3) is 22.7. The Morgan fingerprint density at radius 2 is 0.734 bits per heavy atom. The molecule has 0 atom stereocenters. The van der Waals surface area contributed by atoms with Gasteiger partial charge in [-0.1, -0.05) is 35.4 Å². The topological polar surface area (TPSA) is 196 Å². The first-order chi connectivity index (χ1) is 31.2. The fourth-order valence-electron chi connectivity index (χ4n) is 5.28. The standard InChI is InChI=1S/C46H60N6O10S2/c1-35-5-9-37(10-6-35)43(53)51-63-41-17-13-39(14-18-41)61-33-31-59-29-27-57-25-23-49-45(55)47-21-3-4-22-48-46(56)50-24-26-58-28-30-60-32-34-62-40-15-19-42(20-16-40)64-52-44(54)38-11-7-36(2)8-12-38/h5-20H,3-4,21-34H2,1-2H3,(H,51,53)(H,52,54)(H2,47,49,55)(H2,48,50,56). The summed E-state index contributed by atoms with van der Waals surface area (Å²) in [6, 6.07) is 29.1. The van der Waals surface area contributed by atoms with E-state index in [1.54, 1.807) is 24.3 Å². The van der Waals surface area contributed by atoms with Crippen molar-refractivity contribution in [3.63, 3.8) is 0 Å². The molecule has 0 saturated carbocycles. The molecule has 0 bridgehead atoms. The normalized spacial score (nSPS) is 10.7. The summed E-state index contributed by atoms with van der Waals surface area (Å²) in [5.41, 5.74) is 3.43. The summed E-state index contributed by atoms with van der Waals surface area (Å²) < 4.78 is 39.2. The molecule has 6 N–H and O–H groups in total. The number of carbonyl (C=O) groups is 4. The van der Waals surface area contributed by atoms with Gasteiger partial charge in [0.05, 0.1) is 52.9 Å². The van der Waals surface area contributed by atoms with E-state index in [1.165, 1.54) is 23.9 Å². The highest BCUT2D eigenvalue weighted by molar-refractivity contribution is 7.98. The Hall–Kier alpha value is -5.50. The molecular weight excluding hydrogens is 861 g/mol. The van der Waals surface area contributed by atoms with Gasteiger partial charge in [0.2, 0.25) is 0 Å². The van der Waals surface area contributed by atoms with Crippen molar-refractivity contribution in [2.24, 2.45) is 0 Å². The number of hydrogen-bond donors (Lipinski definition) is 6. The fourth-order valence-corrected chi connectivity index (χ4v) is 6.48. The summed E-state index contributed by atoms with van der Waals surface area (Å²) in [6.07, 6.45) is 1.42. The highest BCUT2D eigenvalue weighted by Crippen LogP contribution is 2.21. The molecule has 0 fully saturated rings. The summed E-state index contributed by atoms with van der Waals surface area (Å²) in [5.74, 6) is 1.11. The second-order valence-corrected chi connectivity index (χ2v) is 15.7. The summed E-state index contributed by atoms with van der Waals surface area (Å²) in [6.45, 7) is 9.51. The van der Waals surface area contributed by atoms with E-state index >= 15 is 0 Å². The third-order valence-electron chi connectivity index (χ3n) is 8.77. The quantitative estimate of drug-likeness (QED) is 0.0252. The van der Waals surface area contributed by atoms with E-state index < -0.39 is 0 Å². The largest absolute Gasteiger partial charge is 0.491 e. The van der Waals surface area contributed by atoms with Crippen molar-refractivity contribution < 1.29 is 47.6 Å². The number of hydrogen-bond acceptors (Lipinski definition) is 12. The number of urea groups is 2. The Balaban J connectivity index is 0.839. The fraction of sp³-hybridized carbons (Fsp3) is 0.391. The zero-order valence-electron chi connectivity index (χ0n) is 36.5. The Morgan fingerprint density at radius 1 is 0.406 bits per heavy atom. The van der Waals surface area contributed by atoms with E-state index in [1.807, 2.05) is 86.6 Å². The molecule has 4 aromatic rings. The first-order valence-corrected chi connectivity index (χ1v) is 22.8. The molecule has 4 aromatic carbocycles. The van der Waals surface area contributed by atoms with Crippen LogP contribution in [-0.2, 0) is 18.9 Å². The van der Waals surface area contributed by atoms with Crippen molar-refractivity contribution in [1.82, 2.24) is 30.7 Å². The Morgan fingerprint density at radius 3 is 1.11 bits per heavy atom. The van der Waals surface area contributed by atoms with E-state index in [-0.39, 0.29) is 23.9 Å². The molecule has 0 heterocycles. The average molecular weight is 921 g/mol. The van der Waals surface area contributed by atoms with Crippen LogP contribution >= 0.6 is 23.9 Å². The van der Waals surface area contributed by atoms with E-state index in [9.17, 15) is 19.2 Å². The van der Waals surface area contributed by atoms with Gasteiger partial charge in [0, 0.05) is 47.1 Å². The van der Waals surface area contributed by atoms with Gasteiger partial charge in [-0.25, -0.2) is 9.59 Å². The van der Waals surface area contributed by atoms with E-state index in [2.05, 4.69) is 30.7 Å². The third-order valence-corrected chi connectivity index (χ3v) is 10.4. The lowest BCUT2D eigenvalue weighted by Gasteiger charge is -2.10. The molecule has 0 saturated heterocycles. The maximum absolute atomic E-state index is 12.3. The van der Waals surface area contributed by atoms with Crippen molar-refractivity contribution in [2.45, 2.75) is 36.5 Å². The number of benzene rings is 4. The minimum Gasteiger partial charge on any atom is -0.491 e. The van der Waals surface area contributed by atoms with Gasteiger partial charge in [-0.2, -0.15) is 0 Å². The summed E-state index contributed by atoms with van der Waals surface area (Å²) in [7, 11) is 0. The van der Waals surface area contributed by atoms with Crippen molar-refractivity contribution in [1.29, 1.82) is 0 Å². The van der Waals surface area contributed by atoms with E-state index in [4.69, 9.17) is 28.4 Å². The molecule has 16 nitrogen and oxygen atoms in total. The van der Waals surface area contributed by atoms with Crippen LogP contribution in [0, 0.1) is 13.8 Å². The van der Waals surface area contributed by atoms with Gasteiger partial charge in [0.25, 0.3) is 11.8 Å². The number of nitrogens with one attached hydrogen (secondary N) is 6. The summed E-state index contributed by atoms with van der Waals surface area (Å²) in [4.78, 5) is 50.3. The predicted molar refractivity (Wildman–Crippen MR) is 248 cm³/mol. The van der Waals surface area contributed by atoms with Crippen LogP contribution in [0.25, 0.3) is 0 Å². The van der Waals surface area contributed by atoms with Crippen LogP contribution in [0.4, 0.5) is 9.59 Å². The monoisotopic (exact) mass is 920 g/mol. The molecule has 0 spiro atoms. The molecule has 64 heavy (non-hydrogen) atoms. The number of carbonyl (C=O) groups excluding carboxylic acids is 4. The summed E-state index contributed by atoms with van der Waals surface area (Å²) >= 11 is 2.49. The Labute approximate surface area is 384 Å². The van der Waals surface area contributed by atoms with Crippen LogP contribution in [0.3, 0.4) is 0 Å². The molecule has 4 rings (SSSR count). The van der Waals surface area contributed by atoms with Crippen LogP contribution in [-0.4, -0.2) is 116 Å². The van der Waals surface area contributed by atoms with Crippen molar-refractivity contribution in [2.75, 3.05) is 92.2 Å². The van der Waals surface area contributed by atoms with Crippen LogP contribution in [0.1, 0.15) is 44.7 Å². The number of ether oxygens (including phenoxy) is 6. The number of unbranched alkanes of at least 4 members (excludes halogenated alkanes) is 1. The highest BCUT2D eigenvalue weighted by Gasteiger charge is 2.08. The Bertz CT molecular complexity index is 1800. The molecule has 0 radical (unpaired) electrons. The highest BCUT2D eigenvalue weighted by atomic mass is 32.2. The van der Waals surface area contributed by atoms with Crippen LogP contribution < -0.4 is 40.2 Å². The van der Waals surface area contributed by atoms with Gasteiger partial charge in [-0.05, 0) is 123 Å². The molecule has 346 valence electrons. The van der Waals surface area contributed by atoms with Crippen molar-refractivity contribution in [3.05, 3.63) is 119 Å². The van der Waals surface area contributed by atoms with Gasteiger partial charge in [0.15, 0.2) is 0 Å². The van der Waals surface area contributed by atoms with E-state index in [0.717, 1.165) is 20.9 Å². The molecule has 0 aromatic heterocycles. The average Bonchev–Trinajstić information content (AvgIpc) is 3.31. The summed E-state index contributed by atoms with van der Waals surface area (Å²) in [5, 5.41) is 11.1. The van der Waals surface area contributed by atoms with Crippen LogP contribution in [0.5, 0.6) is 11.5 Å². The lowest BCUT2D eigenvalue weighted by Crippen LogP contribution is -2.39. The van der Waals surface area contributed by atoms with Gasteiger partial charge in [0.1, 0.15) is 24.7 Å². The minimum absolute atomic E-state index is 0.148. The van der Waals surface area contributed by atoms with Crippen LogP contribution in [0.15, 0.2) is 107 Å². The second kappa shape index (κ2) is 31.4. The number of rotatable bonds is 31. The number of aryl methyl sites for hydroxylation is 2. The molecule has 6 amide bonds. The molecule has 0 aliphatic heterocycles. The zero-order valence-corrected chi connectivity index (χ0v) is 38.1. The molecule has 0 aliphatic rings. The first-order valence-electron chi connectivity index (χ1n) is 21.1. The van der Waals surface area contributed by atoms with Gasteiger partial charge >= 0.3 is 12.1 Å². The SMILES string of the molecule is Cc1ccc(C(=O)NSc2ccc(OCCOCCOCCNC(=O)NCCCCNC(=O)NCCOCCOCCOc3ccc(SNC(=O)c4ccc(C)cc4)cc3)cc2)cc1. The predicted octanol–water partition coefficient (Wildman–Crippen LogP) is 6.08. The molecule has 18 heteroatoms. The molecule has 0 aliphatic carbocycles. The Kier molecular flexibility index (Phi) is 25.1. The minimum atomic E-state index is -0.278. The zero-order chi connectivity index (χ0) is 45.5. The molecular formula is C46H60N6O10S2. The van der Waals surface area contributed by atoms with Crippen molar-refractivity contribution >= 4 is 47.8 Å². The number of amides is 6. The smallest absolute Gasteiger partial charge is 0.314 e. The van der Waals surface area contributed by atoms with Crippen LogP contribution in [0.2, 0.25) is 0 Å². The lowest BCUT2D eigenvalue weighted by atomic mass is 10.1.